The molecule has 0 unspecified atom stereocenters. The number of rotatable bonds is 4. The van der Waals surface area contributed by atoms with Crippen molar-refractivity contribution in [2.24, 2.45) is 0 Å². The molecule has 0 spiro atoms. The number of amides is 2. The summed E-state index contributed by atoms with van der Waals surface area (Å²) >= 11 is 3.14. The molecule has 0 aliphatic carbocycles. The normalized spacial score (nSPS) is 10.2. The largest absolute Gasteiger partial charge is 0.434 e. The molecule has 0 aliphatic heterocycles. The number of anilines is 1. The van der Waals surface area contributed by atoms with Crippen LogP contribution in [0.3, 0.4) is 0 Å². The second kappa shape index (κ2) is 6.38. The van der Waals surface area contributed by atoms with Crippen molar-refractivity contribution in [3.05, 3.63) is 52.4 Å². The quantitative estimate of drug-likeness (QED) is 0.902. The molecule has 2 N–H and O–H groups in total. The number of hydrogen-bond donors (Lipinski definition) is 2. The van der Waals surface area contributed by atoms with Gasteiger partial charge in [0.25, 0.3) is 0 Å². The maximum atomic E-state index is 12.7. The molecule has 1 heterocycles. The third kappa shape index (κ3) is 4.40. The van der Waals surface area contributed by atoms with E-state index in [9.17, 15) is 9.18 Å². The zero-order valence-corrected chi connectivity index (χ0v) is 11.5. The fourth-order valence-corrected chi connectivity index (χ4v) is 1.82. The van der Waals surface area contributed by atoms with Gasteiger partial charge in [0.2, 0.25) is 5.88 Å². The average Bonchev–Trinajstić information content (AvgIpc) is 2.77. The van der Waals surface area contributed by atoms with Gasteiger partial charge in [0.15, 0.2) is 4.67 Å². The topological polar surface area (TPSA) is 54.3 Å². The van der Waals surface area contributed by atoms with E-state index in [1.54, 1.807) is 24.3 Å². The van der Waals surface area contributed by atoms with Crippen LogP contribution < -0.4 is 10.6 Å². The Hall–Kier alpha value is -1.82. The van der Waals surface area contributed by atoms with Crippen molar-refractivity contribution in [2.45, 2.75) is 6.42 Å². The minimum atomic E-state index is -0.344. The summed E-state index contributed by atoms with van der Waals surface area (Å²) in [7, 11) is 0. The van der Waals surface area contributed by atoms with Gasteiger partial charge in [-0.15, -0.1) is 0 Å². The Balaban J connectivity index is 1.73. The molecule has 19 heavy (non-hydrogen) atoms. The molecule has 0 bridgehead atoms. The van der Waals surface area contributed by atoms with Crippen LogP contribution in [-0.4, -0.2) is 12.6 Å². The summed E-state index contributed by atoms with van der Waals surface area (Å²) in [4.78, 5) is 11.5. The van der Waals surface area contributed by atoms with Crippen molar-refractivity contribution >= 4 is 27.8 Å². The number of benzene rings is 1. The summed E-state index contributed by atoms with van der Waals surface area (Å²) < 4.78 is 18.4. The molecule has 2 amide bonds. The van der Waals surface area contributed by atoms with E-state index in [0.29, 0.717) is 23.5 Å². The molecule has 2 rings (SSSR count). The lowest BCUT2D eigenvalue weighted by Crippen LogP contribution is -2.30. The minimum absolute atomic E-state index is 0.266. The monoisotopic (exact) mass is 326 g/mol. The number of nitrogens with one attached hydrogen (secondary N) is 2. The van der Waals surface area contributed by atoms with E-state index in [1.807, 2.05) is 0 Å². The fraction of sp³-hybridized carbons (Fsp3) is 0.154. The van der Waals surface area contributed by atoms with Crippen LogP contribution >= 0.6 is 15.9 Å². The van der Waals surface area contributed by atoms with Crippen LogP contribution in [0.5, 0.6) is 0 Å². The maximum Gasteiger partial charge on any atom is 0.321 e. The zero-order chi connectivity index (χ0) is 13.7. The van der Waals surface area contributed by atoms with Crippen LogP contribution in [0, 0.1) is 5.82 Å². The van der Waals surface area contributed by atoms with E-state index in [-0.39, 0.29) is 11.8 Å². The summed E-state index contributed by atoms with van der Waals surface area (Å²) in [5.74, 6) is 0.101. The van der Waals surface area contributed by atoms with E-state index in [4.69, 9.17) is 4.42 Å². The molecular formula is C13H12BrFN2O2. The van der Waals surface area contributed by atoms with Gasteiger partial charge in [0.1, 0.15) is 5.82 Å². The predicted molar refractivity (Wildman–Crippen MR) is 73.5 cm³/mol. The SMILES string of the molecule is O=C(NCCc1ccc(F)cc1)Nc1ccc(Br)o1. The summed E-state index contributed by atoms with van der Waals surface area (Å²) in [6, 6.07) is 9.17. The molecule has 1 aromatic carbocycles. The Kier molecular flexibility index (Phi) is 4.57. The minimum Gasteiger partial charge on any atom is -0.434 e. The lowest BCUT2D eigenvalue weighted by molar-refractivity contribution is 0.251. The average molecular weight is 327 g/mol. The van der Waals surface area contributed by atoms with Crippen LogP contribution in [0.25, 0.3) is 0 Å². The van der Waals surface area contributed by atoms with Crippen molar-refractivity contribution in [3.8, 4) is 0 Å². The smallest absolute Gasteiger partial charge is 0.321 e. The van der Waals surface area contributed by atoms with Crippen molar-refractivity contribution in [1.82, 2.24) is 5.32 Å². The molecule has 2 aromatic rings. The first-order valence-corrected chi connectivity index (χ1v) is 6.47. The molecule has 0 aliphatic rings. The Morgan fingerprint density at radius 2 is 1.95 bits per heavy atom. The van der Waals surface area contributed by atoms with Crippen molar-refractivity contribution in [1.29, 1.82) is 0 Å². The molecule has 4 nitrogen and oxygen atoms in total. The van der Waals surface area contributed by atoms with Crippen LogP contribution in [-0.2, 0) is 6.42 Å². The van der Waals surface area contributed by atoms with E-state index < -0.39 is 0 Å². The van der Waals surface area contributed by atoms with Crippen LogP contribution in [0.15, 0.2) is 45.5 Å². The number of hydrogen-bond acceptors (Lipinski definition) is 2. The fourth-order valence-electron chi connectivity index (χ4n) is 1.51. The molecule has 0 fully saturated rings. The second-order valence-corrected chi connectivity index (χ2v) is 4.64. The summed E-state index contributed by atoms with van der Waals surface area (Å²) in [5, 5.41) is 5.24. The van der Waals surface area contributed by atoms with Crippen molar-refractivity contribution in [2.75, 3.05) is 11.9 Å². The van der Waals surface area contributed by atoms with Gasteiger partial charge >= 0.3 is 6.03 Å². The molecular weight excluding hydrogens is 315 g/mol. The number of halogens is 2. The third-order valence-electron chi connectivity index (χ3n) is 2.42. The number of carbonyl (C=O) groups excluding carboxylic acids is 1. The second-order valence-electron chi connectivity index (χ2n) is 3.86. The first-order valence-electron chi connectivity index (χ1n) is 5.68. The standard InChI is InChI=1S/C13H12BrFN2O2/c14-11-5-6-12(19-11)17-13(18)16-8-7-9-1-3-10(15)4-2-9/h1-6H,7-8H2,(H2,16,17,18). The van der Waals surface area contributed by atoms with Gasteiger partial charge in [0, 0.05) is 12.6 Å². The zero-order valence-electron chi connectivity index (χ0n) is 9.95. The Bertz CT molecular complexity index is 554. The van der Waals surface area contributed by atoms with Crippen LogP contribution in [0.1, 0.15) is 5.56 Å². The van der Waals surface area contributed by atoms with Crippen molar-refractivity contribution < 1.29 is 13.6 Å². The van der Waals surface area contributed by atoms with E-state index >= 15 is 0 Å². The highest BCUT2D eigenvalue weighted by Gasteiger charge is 2.04. The highest BCUT2D eigenvalue weighted by molar-refractivity contribution is 9.10. The van der Waals surface area contributed by atoms with Gasteiger partial charge in [-0.05, 0) is 46.1 Å². The molecule has 0 saturated carbocycles. The van der Waals surface area contributed by atoms with E-state index in [1.165, 1.54) is 12.1 Å². The van der Waals surface area contributed by atoms with E-state index in [2.05, 4.69) is 26.6 Å². The molecule has 0 radical (unpaired) electrons. The molecule has 0 atom stereocenters. The Labute approximate surface area is 118 Å². The highest BCUT2D eigenvalue weighted by atomic mass is 79.9. The molecule has 0 saturated heterocycles. The predicted octanol–water partition coefficient (Wildman–Crippen LogP) is 3.55. The lowest BCUT2D eigenvalue weighted by atomic mass is 10.1. The van der Waals surface area contributed by atoms with Gasteiger partial charge in [0.05, 0.1) is 0 Å². The number of carbonyl (C=O) groups is 1. The molecule has 100 valence electrons. The number of furan rings is 1. The first-order chi connectivity index (χ1) is 9.13. The first kappa shape index (κ1) is 13.6. The van der Waals surface area contributed by atoms with Crippen LogP contribution in [0.4, 0.5) is 15.1 Å². The van der Waals surface area contributed by atoms with Gasteiger partial charge in [-0.1, -0.05) is 12.1 Å². The van der Waals surface area contributed by atoms with Gasteiger partial charge in [-0.3, -0.25) is 5.32 Å². The Morgan fingerprint density at radius 3 is 2.58 bits per heavy atom. The maximum absolute atomic E-state index is 12.7. The van der Waals surface area contributed by atoms with Gasteiger partial charge in [-0.2, -0.15) is 0 Å². The lowest BCUT2D eigenvalue weighted by Gasteiger charge is -2.05. The third-order valence-corrected chi connectivity index (χ3v) is 2.85. The highest BCUT2D eigenvalue weighted by Crippen LogP contribution is 2.17. The van der Waals surface area contributed by atoms with Gasteiger partial charge < -0.3 is 9.73 Å². The van der Waals surface area contributed by atoms with Crippen molar-refractivity contribution in [3.63, 3.8) is 0 Å². The molecule has 6 heteroatoms. The molecule has 1 aromatic heterocycles. The Morgan fingerprint density at radius 1 is 1.21 bits per heavy atom. The van der Waals surface area contributed by atoms with Gasteiger partial charge in [-0.25, -0.2) is 9.18 Å². The summed E-state index contributed by atoms with van der Waals surface area (Å²) in [5.41, 5.74) is 0.961. The van der Waals surface area contributed by atoms with Crippen LogP contribution in [0.2, 0.25) is 0 Å². The number of urea groups is 1. The summed E-state index contributed by atoms with van der Waals surface area (Å²) in [6.07, 6.45) is 0.634. The summed E-state index contributed by atoms with van der Waals surface area (Å²) in [6.45, 7) is 0.458. The van der Waals surface area contributed by atoms with E-state index in [0.717, 1.165) is 5.56 Å².